The summed E-state index contributed by atoms with van der Waals surface area (Å²) in [6, 6.07) is 2.13. The fourth-order valence-corrected chi connectivity index (χ4v) is 2.18. The fraction of sp³-hybridized carbons (Fsp3) is 0.643. The normalized spacial score (nSPS) is 10.7. The molecule has 0 aliphatic carbocycles. The standard InChI is InChI=1S/C14H24BrN3O/c1-4-6-16-10-12-9-13(15)11-17-14(12)18(3)7-8-19-5-2/h9,11,16H,4-8,10H2,1-3H3. The van der Waals surface area contributed by atoms with E-state index in [1.807, 2.05) is 13.1 Å². The van der Waals surface area contributed by atoms with E-state index in [1.165, 1.54) is 5.56 Å². The highest BCUT2D eigenvalue weighted by atomic mass is 79.9. The van der Waals surface area contributed by atoms with Crippen LogP contribution in [0.25, 0.3) is 0 Å². The summed E-state index contributed by atoms with van der Waals surface area (Å²) in [6.45, 7) is 8.38. The van der Waals surface area contributed by atoms with E-state index in [2.05, 4.69) is 51.2 Å². The minimum absolute atomic E-state index is 0.729. The Morgan fingerprint density at radius 3 is 2.89 bits per heavy atom. The minimum atomic E-state index is 0.729. The Bertz CT molecular complexity index is 374. The smallest absolute Gasteiger partial charge is 0.132 e. The summed E-state index contributed by atoms with van der Waals surface area (Å²) >= 11 is 3.48. The average molecular weight is 330 g/mol. The molecule has 4 nitrogen and oxygen atoms in total. The lowest BCUT2D eigenvalue weighted by atomic mass is 10.2. The second kappa shape index (κ2) is 9.28. The highest BCUT2D eigenvalue weighted by Crippen LogP contribution is 2.20. The molecule has 0 spiro atoms. The Balaban J connectivity index is 2.68. The predicted octanol–water partition coefficient (Wildman–Crippen LogP) is 2.82. The molecule has 1 aromatic heterocycles. The van der Waals surface area contributed by atoms with E-state index in [9.17, 15) is 0 Å². The molecular formula is C14H24BrN3O. The molecule has 0 saturated heterocycles. The van der Waals surface area contributed by atoms with Gasteiger partial charge in [-0.25, -0.2) is 4.98 Å². The zero-order chi connectivity index (χ0) is 14.1. The molecule has 5 heteroatoms. The molecule has 0 saturated carbocycles. The van der Waals surface area contributed by atoms with Crippen LogP contribution in [0.2, 0.25) is 0 Å². The summed E-state index contributed by atoms with van der Waals surface area (Å²) in [7, 11) is 2.05. The lowest BCUT2D eigenvalue weighted by Crippen LogP contribution is -2.26. The molecular weight excluding hydrogens is 306 g/mol. The molecule has 1 N–H and O–H groups in total. The van der Waals surface area contributed by atoms with E-state index < -0.39 is 0 Å². The van der Waals surface area contributed by atoms with E-state index in [4.69, 9.17) is 4.74 Å². The van der Waals surface area contributed by atoms with Gasteiger partial charge < -0.3 is 15.0 Å². The average Bonchev–Trinajstić information content (AvgIpc) is 2.39. The van der Waals surface area contributed by atoms with Crippen LogP contribution in [0.3, 0.4) is 0 Å². The molecule has 0 aliphatic heterocycles. The molecule has 19 heavy (non-hydrogen) atoms. The first kappa shape index (κ1) is 16.4. The van der Waals surface area contributed by atoms with Gasteiger partial charge in [0.1, 0.15) is 5.82 Å². The van der Waals surface area contributed by atoms with Gasteiger partial charge >= 0.3 is 0 Å². The molecule has 1 rings (SSSR count). The van der Waals surface area contributed by atoms with Crippen LogP contribution in [-0.4, -0.2) is 38.3 Å². The van der Waals surface area contributed by atoms with Crippen LogP contribution in [0.4, 0.5) is 5.82 Å². The summed E-state index contributed by atoms with van der Waals surface area (Å²) in [5.41, 5.74) is 1.21. The highest BCUT2D eigenvalue weighted by molar-refractivity contribution is 9.10. The molecule has 0 aliphatic rings. The minimum Gasteiger partial charge on any atom is -0.380 e. The van der Waals surface area contributed by atoms with Crippen LogP contribution in [0.5, 0.6) is 0 Å². The number of pyridine rings is 1. The van der Waals surface area contributed by atoms with E-state index >= 15 is 0 Å². The Hall–Kier alpha value is -0.650. The monoisotopic (exact) mass is 329 g/mol. The van der Waals surface area contributed by atoms with Gasteiger partial charge in [0.2, 0.25) is 0 Å². The van der Waals surface area contributed by atoms with Crippen LogP contribution in [-0.2, 0) is 11.3 Å². The van der Waals surface area contributed by atoms with Crippen LogP contribution >= 0.6 is 15.9 Å². The van der Waals surface area contributed by atoms with Gasteiger partial charge in [0.15, 0.2) is 0 Å². The third kappa shape index (κ3) is 5.89. The number of nitrogens with one attached hydrogen (secondary N) is 1. The Morgan fingerprint density at radius 2 is 2.21 bits per heavy atom. The van der Waals surface area contributed by atoms with Crippen LogP contribution in [0.15, 0.2) is 16.7 Å². The molecule has 108 valence electrons. The lowest BCUT2D eigenvalue weighted by molar-refractivity contribution is 0.154. The van der Waals surface area contributed by atoms with Crippen molar-refractivity contribution in [2.75, 3.05) is 38.3 Å². The number of aromatic nitrogens is 1. The number of halogens is 1. The first-order valence-electron chi connectivity index (χ1n) is 6.83. The van der Waals surface area contributed by atoms with Crippen LogP contribution in [0.1, 0.15) is 25.8 Å². The number of likely N-dealkylation sites (N-methyl/N-ethyl adjacent to an activating group) is 1. The van der Waals surface area contributed by atoms with Crippen molar-refractivity contribution in [3.63, 3.8) is 0 Å². The maximum Gasteiger partial charge on any atom is 0.132 e. The third-order valence-electron chi connectivity index (χ3n) is 2.79. The number of anilines is 1. The van der Waals surface area contributed by atoms with Crippen LogP contribution < -0.4 is 10.2 Å². The molecule has 1 aromatic rings. The molecule has 0 unspecified atom stereocenters. The predicted molar refractivity (Wildman–Crippen MR) is 83.7 cm³/mol. The van der Waals surface area contributed by atoms with E-state index in [1.54, 1.807) is 0 Å². The number of rotatable bonds is 9. The zero-order valence-electron chi connectivity index (χ0n) is 12.1. The molecule has 1 heterocycles. The molecule has 0 amide bonds. The van der Waals surface area contributed by atoms with Crippen molar-refractivity contribution < 1.29 is 4.74 Å². The second-order valence-electron chi connectivity index (χ2n) is 4.43. The lowest BCUT2D eigenvalue weighted by Gasteiger charge is -2.21. The number of hydrogen-bond acceptors (Lipinski definition) is 4. The molecule has 0 atom stereocenters. The van der Waals surface area contributed by atoms with Gasteiger partial charge in [-0.3, -0.25) is 0 Å². The first-order valence-corrected chi connectivity index (χ1v) is 7.62. The van der Waals surface area contributed by atoms with E-state index in [-0.39, 0.29) is 0 Å². The summed E-state index contributed by atoms with van der Waals surface area (Å²) in [4.78, 5) is 6.66. The van der Waals surface area contributed by atoms with Crippen molar-refractivity contribution in [1.82, 2.24) is 10.3 Å². The topological polar surface area (TPSA) is 37.4 Å². The SMILES string of the molecule is CCCNCc1cc(Br)cnc1N(C)CCOCC. The molecule has 0 bridgehead atoms. The van der Waals surface area contributed by atoms with Crippen molar-refractivity contribution in [2.24, 2.45) is 0 Å². The first-order chi connectivity index (χ1) is 9.19. The van der Waals surface area contributed by atoms with E-state index in [0.717, 1.165) is 49.6 Å². The van der Waals surface area contributed by atoms with Gasteiger partial charge in [-0.2, -0.15) is 0 Å². The van der Waals surface area contributed by atoms with Gasteiger partial charge in [-0.15, -0.1) is 0 Å². The van der Waals surface area contributed by atoms with Crippen molar-refractivity contribution in [3.05, 3.63) is 22.3 Å². The maximum absolute atomic E-state index is 5.39. The third-order valence-corrected chi connectivity index (χ3v) is 3.22. The van der Waals surface area contributed by atoms with Gasteiger partial charge in [-0.1, -0.05) is 6.92 Å². The fourth-order valence-electron chi connectivity index (χ4n) is 1.80. The van der Waals surface area contributed by atoms with Crippen molar-refractivity contribution in [3.8, 4) is 0 Å². The second-order valence-corrected chi connectivity index (χ2v) is 5.35. The van der Waals surface area contributed by atoms with E-state index in [0.29, 0.717) is 0 Å². The zero-order valence-corrected chi connectivity index (χ0v) is 13.7. The Labute approximate surface area is 124 Å². The summed E-state index contributed by atoms with van der Waals surface area (Å²) in [6.07, 6.45) is 2.98. The van der Waals surface area contributed by atoms with Crippen molar-refractivity contribution >= 4 is 21.7 Å². The van der Waals surface area contributed by atoms with Gasteiger partial charge in [-0.05, 0) is 41.9 Å². The van der Waals surface area contributed by atoms with Gasteiger partial charge in [0.25, 0.3) is 0 Å². The summed E-state index contributed by atoms with van der Waals surface area (Å²) in [5, 5.41) is 3.42. The van der Waals surface area contributed by atoms with Crippen molar-refractivity contribution in [2.45, 2.75) is 26.8 Å². The number of hydrogen-bond donors (Lipinski definition) is 1. The quantitative estimate of drug-likeness (QED) is 0.707. The molecule has 0 aromatic carbocycles. The number of ether oxygens (including phenoxy) is 1. The summed E-state index contributed by atoms with van der Waals surface area (Å²) < 4.78 is 6.41. The van der Waals surface area contributed by atoms with Gasteiger partial charge in [0.05, 0.1) is 6.61 Å². The van der Waals surface area contributed by atoms with Crippen LogP contribution in [0, 0.1) is 0 Å². The Kier molecular flexibility index (Phi) is 8.02. The molecule has 0 fully saturated rings. The largest absolute Gasteiger partial charge is 0.380 e. The highest BCUT2D eigenvalue weighted by Gasteiger charge is 2.09. The number of nitrogens with zero attached hydrogens (tertiary/aromatic N) is 2. The Morgan fingerprint density at radius 1 is 1.42 bits per heavy atom. The summed E-state index contributed by atoms with van der Waals surface area (Å²) in [5.74, 6) is 1.02. The molecule has 0 radical (unpaired) electrons. The van der Waals surface area contributed by atoms with Crippen molar-refractivity contribution in [1.29, 1.82) is 0 Å². The maximum atomic E-state index is 5.39. The van der Waals surface area contributed by atoms with Gasteiger partial charge in [0, 0.05) is 43.0 Å².